The molecule has 0 amide bonds. The number of aromatic hydroxyl groups is 1. The van der Waals surface area contributed by atoms with Crippen molar-refractivity contribution in [2.45, 2.75) is 20.8 Å². The summed E-state index contributed by atoms with van der Waals surface area (Å²) >= 11 is 6.81. The molecule has 1 N–H and O–H groups in total. The Morgan fingerprint density at radius 2 is 1.33 bits per heavy atom. The quantitative estimate of drug-likeness (QED) is 0.770. The Morgan fingerprint density at radius 1 is 0.833 bits per heavy atom. The van der Waals surface area contributed by atoms with E-state index in [1.807, 2.05) is 20.8 Å². The molecule has 0 unspecified atom stereocenters. The maximum atomic E-state index is 9.62. The molecule has 1 rings (SSSR count). The van der Waals surface area contributed by atoms with Gasteiger partial charge >= 0.3 is 0 Å². The van der Waals surface area contributed by atoms with Crippen molar-refractivity contribution < 1.29 is 5.11 Å². The molecule has 66 valence electrons. The van der Waals surface area contributed by atoms with Gasteiger partial charge in [-0.3, -0.25) is 0 Å². The number of phenolic OH excluding ortho intramolecular Hbond substituents is 1. The maximum absolute atomic E-state index is 9.62. The zero-order valence-electron chi connectivity index (χ0n) is 7.20. The lowest BCUT2D eigenvalue weighted by Crippen LogP contribution is -1.89. The summed E-state index contributed by atoms with van der Waals surface area (Å²) in [7, 11) is 0. The van der Waals surface area contributed by atoms with Gasteiger partial charge in [0.2, 0.25) is 0 Å². The molecule has 1 nitrogen and oxygen atoms in total. The Labute approximate surface area is 89.1 Å². The average molecular weight is 294 g/mol. The van der Waals surface area contributed by atoms with E-state index in [1.54, 1.807) is 0 Å². The summed E-state index contributed by atoms with van der Waals surface area (Å²) in [6.07, 6.45) is 0. The lowest BCUT2D eigenvalue weighted by atomic mass is 10.1. The molecule has 0 bridgehead atoms. The molecule has 1 aromatic rings. The van der Waals surface area contributed by atoms with Crippen molar-refractivity contribution in [1.29, 1.82) is 0 Å². The number of hydrogen-bond donors (Lipinski definition) is 1. The molecule has 3 heteroatoms. The van der Waals surface area contributed by atoms with Crippen molar-refractivity contribution >= 4 is 31.9 Å². The molecule has 1 aromatic carbocycles. The van der Waals surface area contributed by atoms with Gasteiger partial charge in [-0.15, -0.1) is 0 Å². The summed E-state index contributed by atoms with van der Waals surface area (Å²) in [5.41, 5.74) is 3.04. The Kier molecular flexibility index (Phi) is 2.84. The van der Waals surface area contributed by atoms with Crippen molar-refractivity contribution in [2.24, 2.45) is 0 Å². The lowest BCUT2D eigenvalue weighted by Gasteiger charge is -2.11. The fourth-order valence-electron chi connectivity index (χ4n) is 1.06. The van der Waals surface area contributed by atoms with Gasteiger partial charge in [0.25, 0.3) is 0 Å². The van der Waals surface area contributed by atoms with E-state index in [-0.39, 0.29) is 0 Å². The van der Waals surface area contributed by atoms with Crippen molar-refractivity contribution in [3.05, 3.63) is 25.6 Å². The predicted molar refractivity (Wildman–Crippen MR) is 57.7 cm³/mol. The van der Waals surface area contributed by atoms with Crippen LogP contribution in [0.5, 0.6) is 5.75 Å². The van der Waals surface area contributed by atoms with Gasteiger partial charge in [-0.2, -0.15) is 0 Å². The minimum Gasteiger partial charge on any atom is -0.506 e. The largest absolute Gasteiger partial charge is 0.506 e. The summed E-state index contributed by atoms with van der Waals surface area (Å²) in [6, 6.07) is 0. The van der Waals surface area contributed by atoms with Crippen LogP contribution >= 0.6 is 31.9 Å². The molecule has 0 saturated heterocycles. The second-order valence-electron chi connectivity index (χ2n) is 2.85. The smallest absolute Gasteiger partial charge is 0.133 e. The van der Waals surface area contributed by atoms with Crippen LogP contribution in [-0.4, -0.2) is 5.11 Å². The first kappa shape index (κ1) is 10.1. The van der Waals surface area contributed by atoms with Gasteiger partial charge in [-0.05, 0) is 53.4 Å². The number of phenols is 1. The summed E-state index contributed by atoms with van der Waals surface area (Å²) in [4.78, 5) is 0. The first-order valence-electron chi connectivity index (χ1n) is 3.60. The van der Waals surface area contributed by atoms with Crippen LogP contribution in [0.3, 0.4) is 0 Å². The fourth-order valence-corrected chi connectivity index (χ4v) is 2.32. The van der Waals surface area contributed by atoms with Gasteiger partial charge in [0.15, 0.2) is 0 Å². The van der Waals surface area contributed by atoms with Crippen LogP contribution in [0.25, 0.3) is 0 Å². The third-order valence-corrected chi connectivity index (χ3v) is 4.27. The maximum Gasteiger partial charge on any atom is 0.133 e. The Bertz CT molecular complexity index is 227. The highest BCUT2D eigenvalue weighted by molar-refractivity contribution is 9.11. The molecule has 0 aliphatic rings. The monoisotopic (exact) mass is 292 g/mol. The molecule has 0 saturated carbocycles. The molecule has 0 fully saturated rings. The minimum atomic E-state index is 0.341. The SMILES string of the molecule is Cc1c(C)c(Br)c(C)c(Br)c1O. The zero-order chi connectivity index (χ0) is 9.46. The third-order valence-electron chi connectivity index (χ3n) is 2.11. The second-order valence-corrected chi connectivity index (χ2v) is 4.44. The molecule has 12 heavy (non-hydrogen) atoms. The molecule has 0 aliphatic heterocycles. The number of halogens is 2. The Hall–Kier alpha value is -0.0200. The van der Waals surface area contributed by atoms with Gasteiger partial charge < -0.3 is 5.11 Å². The fraction of sp³-hybridized carbons (Fsp3) is 0.333. The van der Waals surface area contributed by atoms with E-state index in [9.17, 15) is 5.11 Å². The zero-order valence-corrected chi connectivity index (χ0v) is 10.4. The molecule has 0 heterocycles. The van der Waals surface area contributed by atoms with Gasteiger partial charge in [0, 0.05) is 4.47 Å². The van der Waals surface area contributed by atoms with Crippen molar-refractivity contribution in [3.63, 3.8) is 0 Å². The van der Waals surface area contributed by atoms with E-state index in [2.05, 4.69) is 31.9 Å². The van der Waals surface area contributed by atoms with Crippen LogP contribution in [0.2, 0.25) is 0 Å². The first-order chi connectivity index (χ1) is 5.46. The van der Waals surface area contributed by atoms with Crippen LogP contribution < -0.4 is 0 Å². The van der Waals surface area contributed by atoms with Crippen molar-refractivity contribution in [3.8, 4) is 5.75 Å². The van der Waals surface area contributed by atoms with Crippen LogP contribution in [0.1, 0.15) is 16.7 Å². The van der Waals surface area contributed by atoms with E-state index in [4.69, 9.17) is 0 Å². The number of hydrogen-bond acceptors (Lipinski definition) is 1. The lowest BCUT2D eigenvalue weighted by molar-refractivity contribution is 0.466. The number of rotatable bonds is 0. The normalized spacial score (nSPS) is 10.4. The number of benzene rings is 1. The molecule has 0 atom stereocenters. The predicted octanol–water partition coefficient (Wildman–Crippen LogP) is 3.84. The highest BCUT2D eigenvalue weighted by Crippen LogP contribution is 2.38. The molecular formula is C9H10Br2O. The average Bonchev–Trinajstić information content (AvgIpc) is 2.08. The van der Waals surface area contributed by atoms with Crippen molar-refractivity contribution in [2.75, 3.05) is 0 Å². The van der Waals surface area contributed by atoms with E-state index >= 15 is 0 Å². The third kappa shape index (κ3) is 1.40. The summed E-state index contributed by atoms with van der Waals surface area (Å²) in [6.45, 7) is 5.85. The molecule has 0 spiro atoms. The minimum absolute atomic E-state index is 0.341. The topological polar surface area (TPSA) is 20.2 Å². The summed E-state index contributed by atoms with van der Waals surface area (Å²) in [5.74, 6) is 0.341. The molecule has 0 aliphatic carbocycles. The highest BCUT2D eigenvalue weighted by Gasteiger charge is 2.12. The Morgan fingerprint density at radius 3 is 1.83 bits per heavy atom. The molecule has 0 radical (unpaired) electrons. The van der Waals surface area contributed by atoms with Crippen LogP contribution in [-0.2, 0) is 0 Å². The van der Waals surface area contributed by atoms with Gasteiger partial charge in [0.05, 0.1) is 4.47 Å². The van der Waals surface area contributed by atoms with Gasteiger partial charge in [0.1, 0.15) is 5.75 Å². The van der Waals surface area contributed by atoms with E-state index < -0.39 is 0 Å². The van der Waals surface area contributed by atoms with Gasteiger partial charge in [-0.1, -0.05) is 15.9 Å². The van der Waals surface area contributed by atoms with Crippen LogP contribution in [0, 0.1) is 20.8 Å². The standard InChI is InChI=1S/C9H10Br2O/c1-4-5(2)9(12)8(11)6(3)7(4)10/h12H,1-3H3. The van der Waals surface area contributed by atoms with E-state index in [0.29, 0.717) is 5.75 Å². The van der Waals surface area contributed by atoms with Crippen LogP contribution in [0.4, 0.5) is 0 Å². The summed E-state index contributed by atoms with van der Waals surface area (Å²) < 4.78 is 1.84. The van der Waals surface area contributed by atoms with Gasteiger partial charge in [-0.25, -0.2) is 0 Å². The second kappa shape index (κ2) is 3.38. The summed E-state index contributed by atoms with van der Waals surface area (Å²) in [5, 5.41) is 9.62. The first-order valence-corrected chi connectivity index (χ1v) is 5.19. The van der Waals surface area contributed by atoms with E-state index in [1.165, 1.54) is 0 Å². The Balaban J connectivity index is 3.60. The molecular weight excluding hydrogens is 284 g/mol. The van der Waals surface area contributed by atoms with Crippen LogP contribution in [0.15, 0.2) is 8.95 Å². The molecule has 0 aromatic heterocycles. The van der Waals surface area contributed by atoms with E-state index in [0.717, 1.165) is 25.6 Å². The van der Waals surface area contributed by atoms with Crippen molar-refractivity contribution in [1.82, 2.24) is 0 Å². The highest BCUT2D eigenvalue weighted by atomic mass is 79.9.